The highest BCUT2D eigenvalue weighted by Gasteiger charge is 2.28. The molecule has 6 nitrogen and oxygen atoms in total. The van der Waals surface area contributed by atoms with Crippen molar-refractivity contribution < 1.29 is 4.42 Å². The van der Waals surface area contributed by atoms with E-state index < -0.39 is 0 Å². The van der Waals surface area contributed by atoms with E-state index in [0.717, 1.165) is 42.3 Å². The smallest absolute Gasteiger partial charge is 0.267 e. The molecule has 0 aliphatic carbocycles. The van der Waals surface area contributed by atoms with Gasteiger partial charge in [-0.1, -0.05) is 29.8 Å². The Balaban J connectivity index is 1.44. The van der Waals surface area contributed by atoms with Gasteiger partial charge in [-0.25, -0.2) is 4.98 Å². The number of benzene rings is 1. The Morgan fingerprint density at radius 1 is 1.20 bits per heavy atom. The summed E-state index contributed by atoms with van der Waals surface area (Å²) in [4.78, 5) is 10.9. The summed E-state index contributed by atoms with van der Waals surface area (Å²) in [6, 6.07) is 7.96. The predicted octanol–water partition coefficient (Wildman–Crippen LogP) is 3.48. The molecular weight excluding hydrogens is 338 g/mol. The van der Waals surface area contributed by atoms with E-state index in [0.29, 0.717) is 17.5 Å². The molecule has 0 radical (unpaired) electrons. The summed E-state index contributed by atoms with van der Waals surface area (Å²) in [7, 11) is 0. The summed E-state index contributed by atoms with van der Waals surface area (Å²) in [5.74, 6) is 1.33. The quantitative estimate of drug-likeness (QED) is 0.713. The molecule has 25 heavy (non-hydrogen) atoms. The van der Waals surface area contributed by atoms with Crippen molar-refractivity contribution in [2.24, 2.45) is 0 Å². The minimum absolute atomic E-state index is 0.238. The highest BCUT2D eigenvalue weighted by molar-refractivity contribution is 6.31. The molecule has 1 fully saturated rings. The van der Waals surface area contributed by atoms with E-state index >= 15 is 0 Å². The third-order valence-corrected chi connectivity index (χ3v) is 4.78. The van der Waals surface area contributed by atoms with Crippen molar-refractivity contribution in [3.05, 3.63) is 58.8 Å². The van der Waals surface area contributed by atoms with E-state index in [-0.39, 0.29) is 5.92 Å². The number of nitrogens with zero attached hydrogens (tertiary/aromatic N) is 5. The average Bonchev–Trinajstić information content (AvgIpc) is 3.27. The molecule has 1 unspecified atom stereocenters. The topological polar surface area (TPSA) is 67.9 Å². The average molecular weight is 356 g/mol. The van der Waals surface area contributed by atoms with Crippen molar-refractivity contribution in [3.63, 3.8) is 0 Å². The maximum absolute atomic E-state index is 6.26. The maximum Gasteiger partial charge on any atom is 0.267 e. The molecule has 7 heteroatoms. The zero-order valence-corrected chi connectivity index (χ0v) is 14.6. The number of hydrogen-bond acceptors (Lipinski definition) is 6. The first-order valence-corrected chi connectivity index (χ1v) is 8.65. The number of aromatic nitrogens is 4. The van der Waals surface area contributed by atoms with Crippen LogP contribution in [0.25, 0.3) is 11.6 Å². The van der Waals surface area contributed by atoms with Crippen molar-refractivity contribution in [2.45, 2.75) is 25.8 Å². The Hall–Kier alpha value is -2.31. The van der Waals surface area contributed by atoms with Crippen LogP contribution in [0.15, 0.2) is 41.1 Å². The Morgan fingerprint density at radius 2 is 2.08 bits per heavy atom. The van der Waals surface area contributed by atoms with Crippen LogP contribution in [0.5, 0.6) is 0 Å². The number of aryl methyl sites for hydroxylation is 1. The van der Waals surface area contributed by atoms with Gasteiger partial charge in [0.2, 0.25) is 5.89 Å². The first kappa shape index (κ1) is 16.2. The molecule has 4 rings (SSSR count). The van der Waals surface area contributed by atoms with E-state index in [2.05, 4.69) is 31.1 Å². The Kier molecular flexibility index (Phi) is 4.46. The third kappa shape index (κ3) is 3.55. The van der Waals surface area contributed by atoms with Crippen molar-refractivity contribution >= 4 is 11.6 Å². The molecule has 0 saturated carbocycles. The minimum atomic E-state index is 0.238. The van der Waals surface area contributed by atoms with Gasteiger partial charge in [0, 0.05) is 24.3 Å². The maximum atomic E-state index is 6.26. The monoisotopic (exact) mass is 355 g/mol. The molecule has 0 bridgehead atoms. The van der Waals surface area contributed by atoms with Crippen LogP contribution in [0.3, 0.4) is 0 Å². The van der Waals surface area contributed by atoms with E-state index in [1.807, 2.05) is 25.1 Å². The summed E-state index contributed by atoms with van der Waals surface area (Å²) in [5, 5.41) is 9.15. The lowest BCUT2D eigenvalue weighted by molar-refractivity contribution is 0.320. The molecule has 128 valence electrons. The molecular formula is C18H18ClN5O. The molecule has 0 N–H and O–H groups in total. The van der Waals surface area contributed by atoms with Crippen LogP contribution < -0.4 is 0 Å². The Morgan fingerprint density at radius 3 is 2.88 bits per heavy atom. The highest BCUT2D eigenvalue weighted by Crippen LogP contribution is 2.29. The van der Waals surface area contributed by atoms with Gasteiger partial charge in [0.15, 0.2) is 0 Å². The fraction of sp³-hybridized carbons (Fsp3) is 0.333. The van der Waals surface area contributed by atoms with Crippen LogP contribution in [-0.2, 0) is 6.54 Å². The SMILES string of the molecule is Cc1cnc(-c2nnc(C3CCN(Cc4ccccc4Cl)C3)o2)cn1. The molecule has 1 aliphatic heterocycles. The number of rotatable bonds is 4. The summed E-state index contributed by atoms with van der Waals surface area (Å²) in [5.41, 5.74) is 2.61. The second kappa shape index (κ2) is 6.90. The molecule has 3 aromatic rings. The van der Waals surface area contributed by atoms with Crippen molar-refractivity contribution in [1.29, 1.82) is 0 Å². The van der Waals surface area contributed by atoms with E-state index in [9.17, 15) is 0 Å². The standard InChI is InChI=1S/C18H18ClN5O/c1-12-8-21-16(9-20-12)18-23-22-17(25-18)14-6-7-24(11-14)10-13-4-2-3-5-15(13)19/h2-5,8-9,14H,6-7,10-11H2,1H3. The van der Waals surface area contributed by atoms with Gasteiger partial charge in [-0.3, -0.25) is 9.88 Å². The Labute approximate surface area is 150 Å². The van der Waals surface area contributed by atoms with Crippen LogP contribution in [-0.4, -0.2) is 38.2 Å². The van der Waals surface area contributed by atoms with Crippen molar-refractivity contribution in [2.75, 3.05) is 13.1 Å². The summed E-state index contributed by atoms with van der Waals surface area (Å²) in [6.07, 6.45) is 4.34. The summed E-state index contributed by atoms with van der Waals surface area (Å²) < 4.78 is 5.84. The third-order valence-electron chi connectivity index (χ3n) is 4.41. The molecule has 1 aliphatic rings. The normalized spacial score (nSPS) is 17.9. The second-order valence-corrected chi connectivity index (χ2v) is 6.71. The first-order chi connectivity index (χ1) is 12.2. The lowest BCUT2D eigenvalue weighted by atomic mass is 10.1. The fourth-order valence-electron chi connectivity index (χ4n) is 3.05. The van der Waals surface area contributed by atoms with Gasteiger partial charge in [0.1, 0.15) is 5.69 Å². The lowest BCUT2D eigenvalue weighted by Gasteiger charge is -2.16. The largest absolute Gasteiger partial charge is 0.419 e. The van der Waals surface area contributed by atoms with E-state index in [1.54, 1.807) is 12.4 Å². The van der Waals surface area contributed by atoms with Gasteiger partial charge in [-0.2, -0.15) is 0 Å². The molecule has 2 aromatic heterocycles. The van der Waals surface area contributed by atoms with E-state index in [1.165, 1.54) is 0 Å². The molecule has 3 heterocycles. The minimum Gasteiger partial charge on any atom is -0.419 e. The Bertz CT molecular complexity index is 864. The highest BCUT2D eigenvalue weighted by atomic mass is 35.5. The van der Waals surface area contributed by atoms with Gasteiger partial charge < -0.3 is 4.42 Å². The summed E-state index contributed by atoms with van der Waals surface area (Å²) in [6.45, 7) is 4.59. The van der Waals surface area contributed by atoms with Crippen molar-refractivity contribution in [1.82, 2.24) is 25.1 Å². The number of halogens is 1. The number of hydrogen-bond donors (Lipinski definition) is 0. The fourth-order valence-corrected chi connectivity index (χ4v) is 3.25. The zero-order chi connectivity index (χ0) is 17.2. The summed E-state index contributed by atoms with van der Waals surface area (Å²) >= 11 is 6.26. The number of likely N-dealkylation sites (tertiary alicyclic amines) is 1. The van der Waals surface area contributed by atoms with Crippen LogP contribution in [0.2, 0.25) is 5.02 Å². The molecule has 1 atom stereocenters. The van der Waals surface area contributed by atoms with Gasteiger partial charge in [0.05, 0.1) is 17.8 Å². The molecule has 1 aromatic carbocycles. The van der Waals surface area contributed by atoms with Gasteiger partial charge in [0.25, 0.3) is 5.89 Å². The zero-order valence-electron chi connectivity index (χ0n) is 13.9. The molecule has 0 spiro atoms. The second-order valence-electron chi connectivity index (χ2n) is 6.30. The van der Waals surface area contributed by atoms with Crippen molar-refractivity contribution in [3.8, 4) is 11.6 Å². The van der Waals surface area contributed by atoms with Crippen LogP contribution in [0, 0.1) is 6.92 Å². The van der Waals surface area contributed by atoms with Crippen LogP contribution in [0.4, 0.5) is 0 Å². The lowest BCUT2D eigenvalue weighted by Crippen LogP contribution is -2.20. The van der Waals surface area contributed by atoms with Gasteiger partial charge in [-0.15, -0.1) is 10.2 Å². The predicted molar refractivity (Wildman–Crippen MR) is 94.1 cm³/mol. The molecule has 1 saturated heterocycles. The van der Waals surface area contributed by atoms with Gasteiger partial charge >= 0.3 is 0 Å². The molecule has 0 amide bonds. The van der Waals surface area contributed by atoms with Crippen LogP contribution >= 0.6 is 11.6 Å². The van der Waals surface area contributed by atoms with Gasteiger partial charge in [-0.05, 0) is 31.5 Å². The van der Waals surface area contributed by atoms with E-state index in [4.69, 9.17) is 16.0 Å². The first-order valence-electron chi connectivity index (χ1n) is 8.27. The van der Waals surface area contributed by atoms with Crippen LogP contribution in [0.1, 0.15) is 29.5 Å².